The predicted octanol–water partition coefficient (Wildman–Crippen LogP) is 1.04. The number of hydrogen-bond donors (Lipinski definition) is 3. The number of anilines is 1. The Hall–Kier alpha value is -2.83. The van der Waals surface area contributed by atoms with Crippen molar-refractivity contribution >= 4 is 16.5 Å². The van der Waals surface area contributed by atoms with Crippen molar-refractivity contribution in [3.63, 3.8) is 0 Å². The minimum Gasteiger partial charge on any atom is -0.380 e. The maximum atomic E-state index is 11.9. The van der Waals surface area contributed by atoms with E-state index < -0.39 is 0 Å². The molecule has 2 aromatic heterocycles. The molecule has 7 heteroatoms. The number of H-pyrrole nitrogens is 2. The van der Waals surface area contributed by atoms with Gasteiger partial charge in [0.05, 0.1) is 17.0 Å². The number of rotatable bonds is 4. The van der Waals surface area contributed by atoms with Crippen molar-refractivity contribution in [2.75, 3.05) is 5.32 Å². The molecular weight excluding hydrogens is 270 g/mol. The van der Waals surface area contributed by atoms with Gasteiger partial charge < -0.3 is 5.32 Å². The lowest BCUT2D eigenvalue weighted by Crippen LogP contribution is -2.20. The summed E-state index contributed by atoms with van der Waals surface area (Å²) < 4.78 is 1.83. The third-order valence-electron chi connectivity index (χ3n) is 3.32. The highest BCUT2D eigenvalue weighted by atomic mass is 16.1. The molecule has 0 aliphatic rings. The van der Waals surface area contributed by atoms with Gasteiger partial charge in [-0.2, -0.15) is 5.10 Å². The zero-order chi connectivity index (χ0) is 14.8. The van der Waals surface area contributed by atoms with Crippen LogP contribution in [-0.4, -0.2) is 20.0 Å². The van der Waals surface area contributed by atoms with Crippen LogP contribution in [0, 0.1) is 0 Å². The molecule has 0 spiro atoms. The molecule has 108 valence electrons. The highest BCUT2D eigenvalue weighted by Crippen LogP contribution is 2.17. The Morgan fingerprint density at radius 3 is 2.81 bits per heavy atom. The van der Waals surface area contributed by atoms with Gasteiger partial charge in [-0.25, -0.2) is 0 Å². The fourth-order valence-electron chi connectivity index (χ4n) is 2.24. The normalized spacial score (nSPS) is 10.9. The van der Waals surface area contributed by atoms with Gasteiger partial charge in [-0.15, -0.1) is 0 Å². The SMILES string of the molecule is CCn1cc(CNc2cccc3c(=O)[nH][nH]c(=O)c23)cn1. The summed E-state index contributed by atoms with van der Waals surface area (Å²) in [5.74, 6) is 0. The maximum Gasteiger partial charge on any atom is 0.272 e. The molecule has 0 unspecified atom stereocenters. The third kappa shape index (κ3) is 2.45. The summed E-state index contributed by atoms with van der Waals surface area (Å²) >= 11 is 0. The Morgan fingerprint density at radius 2 is 2.05 bits per heavy atom. The van der Waals surface area contributed by atoms with E-state index in [1.165, 1.54) is 0 Å². The van der Waals surface area contributed by atoms with Crippen LogP contribution in [0.25, 0.3) is 10.8 Å². The first-order valence-electron chi connectivity index (χ1n) is 6.68. The molecule has 0 atom stereocenters. The van der Waals surface area contributed by atoms with Crippen molar-refractivity contribution in [1.29, 1.82) is 0 Å². The molecule has 7 nitrogen and oxygen atoms in total. The number of fused-ring (bicyclic) bond motifs is 1. The topological polar surface area (TPSA) is 95.6 Å². The van der Waals surface area contributed by atoms with Crippen LogP contribution < -0.4 is 16.4 Å². The number of benzene rings is 1. The predicted molar refractivity (Wildman–Crippen MR) is 80.4 cm³/mol. The van der Waals surface area contributed by atoms with E-state index in [1.807, 2.05) is 17.8 Å². The number of aromatic nitrogens is 4. The van der Waals surface area contributed by atoms with Crippen LogP contribution in [0.4, 0.5) is 5.69 Å². The third-order valence-corrected chi connectivity index (χ3v) is 3.32. The molecule has 3 aromatic rings. The van der Waals surface area contributed by atoms with E-state index in [4.69, 9.17) is 0 Å². The first-order chi connectivity index (χ1) is 10.2. The number of nitrogens with zero attached hydrogens (tertiary/aromatic N) is 2. The Bertz CT molecular complexity index is 890. The summed E-state index contributed by atoms with van der Waals surface area (Å²) in [5.41, 5.74) is 1.00. The van der Waals surface area contributed by atoms with Gasteiger partial charge in [0.25, 0.3) is 11.1 Å². The zero-order valence-electron chi connectivity index (χ0n) is 11.5. The highest BCUT2D eigenvalue weighted by molar-refractivity contribution is 5.92. The van der Waals surface area contributed by atoms with E-state index in [0.717, 1.165) is 12.1 Å². The van der Waals surface area contributed by atoms with E-state index in [1.54, 1.807) is 24.4 Å². The zero-order valence-corrected chi connectivity index (χ0v) is 11.5. The van der Waals surface area contributed by atoms with Crippen LogP contribution in [-0.2, 0) is 13.1 Å². The molecule has 1 aromatic carbocycles. The van der Waals surface area contributed by atoms with Crippen molar-refractivity contribution in [2.45, 2.75) is 20.0 Å². The summed E-state index contributed by atoms with van der Waals surface area (Å²) in [6, 6.07) is 5.15. The smallest absolute Gasteiger partial charge is 0.272 e. The van der Waals surface area contributed by atoms with E-state index in [9.17, 15) is 9.59 Å². The molecule has 21 heavy (non-hydrogen) atoms. The molecule has 3 rings (SSSR count). The molecule has 0 fully saturated rings. The van der Waals surface area contributed by atoms with Crippen LogP contribution >= 0.6 is 0 Å². The molecule has 0 aliphatic carbocycles. The standard InChI is InChI=1S/C14H15N5O2/c1-2-19-8-9(7-16-19)6-15-11-5-3-4-10-12(11)14(21)18-17-13(10)20/h3-5,7-8,15H,2,6H2,1H3,(H,17,20)(H,18,21). The summed E-state index contributed by atoms with van der Waals surface area (Å²) in [7, 11) is 0. The molecular formula is C14H15N5O2. The van der Waals surface area contributed by atoms with Gasteiger partial charge in [0.2, 0.25) is 0 Å². The monoisotopic (exact) mass is 285 g/mol. The average Bonchev–Trinajstić information content (AvgIpc) is 2.97. The molecule has 0 amide bonds. The molecule has 0 saturated carbocycles. The number of hydrogen-bond acceptors (Lipinski definition) is 4. The van der Waals surface area contributed by atoms with Crippen molar-refractivity contribution in [3.05, 3.63) is 56.9 Å². The van der Waals surface area contributed by atoms with Crippen LogP contribution in [0.1, 0.15) is 12.5 Å². The quantitative estimate of drug-likeness (QED) is 0.667. The van der Waals surface area contributed by atoms with E-state index in [2.05, 4.69) is 20.6 Å². The molecule has 0 saturated heterocycles. The van der Waals surface area contributed by atoms with Crippen molar-refractivity contribution < 1.29 is 0 Å². The number of aromatic amines is 2. The highest BCUT2D eigenvalue weighted by Gasteiger charge is 2.08. The van der Waals surface area contributed by atoms with E-state index in [-0.39, 0.29) is 11.1 Å². The summed E-state index contributed by atoms with van der Waals surface area (Å²) in [6.07, 6.45) is 3.72. The molecule has 0 bridgehead atoms. The second-order valence-electron chi connectivity index (χ2n) is 4.69. The summed E-state index contributed by atoms with van der Waals surface area (Å²) in [4.78, 5) is 23.7. The van der Waals surface area contributed by atoms with Crippen LogP contribution in [0.3, 0.4) is 0 Å². The van der Waals surface area contributed by atoms with Gasteiger partial charge in [0, 0.05) is 30.5 Å². The largest absolute Gasteiger partial charge is 0.380 e. The number of nitrogens with one attached hydrogen (secondary N) is 3. The molecule has 2 heterocycles. The average molecular weight is 285 g/mol. The second kappa shape index (κ2) is 5.28. The van der Waals surface area contributed by atoms with Crippen LogP contribution in [0.2, 0.25) is 0 Å². The lowest BCUT2D eigenvalue weighted by atomic mass is 10.1. The van der Waals surface area contributed by atoms with Gasteiger partial charge >= 0.3 is 0 Å². The Balaban J connectivity index is 1.96. The molecule has 3 N–H and O–H groups in total. The Kier molecular flexibility index (Phi) is 3.31. The van der Waals surface area contributed by atoms with Crippen molar-refractivity contribution in [3.8, 4) is 0 Å². The van der Waals surface area contributed by atoms with Gasteiger partial charge in [-0.05, 0) is 19.1 Å². The van der Waals surface area contributed by atoms with E-state index in [0.29, 0.717) is 23.0 Å². The van der Waals surface area contributed by atoms with Gasteiger partial charge in [0.1, 0.15) is 0 Å². The van der Waals surface area contributed by atoms with Gasteiger partial charge in [-0.3, -0.25) is 24.5 Å². The Morgan fingerprint density at radius 1 is 1.24 bits per heavy atom. The fourth-order valence-corrected chi connectivity index (χ4v) is 2.24. The first-order valence-corrected chi connectivity index (χ1v) is 6.68. The first kappa shape index (κ1) is 13.2. The number of aryl methyl sites for hydroxylation is 1. The fraction of sp³-hybridized carbons (Fsp3) is 0.214. The second-order valence-corrected chi connectivity index (χ2v) is 4.69. The van der Waals surface area contributed by atoms with Gasteiger partial charge in [0.15, 0.2) is 0 Å². The van der Waals surface area contributed by atoms with Crippen LogP contribution in [0.5, 0.6) is 0 Å². The summed E-state index contributed by atoms with van der Waals surface area (Å²) in [5, 5.41) is 12.8. The van der Waals surface area contributed by atoms with Crippen molar-refractivity contribution in [1.82, 2.24) is 20.0 Å². The lowest BCUT2D eigenvalue weighted by Gasteiger charge is -2.07. The lowest BCUT2D eigenvalue weighted by molar-refractivity contribution is 0.659. The molecule has 0 aliphatic heterocycles. The van der Waals surface area contributed by atoms with E-state index >= 15 is 0 Å². The van der Waals surface area contributed by atoms with Crippen LogP contribution in [0.15, 0.2) is 40.2 Å². The van der Waals surface area contributed by atoms with Crippen molar-refractivity contribution in [2.24, 2.45) is 0 Å². The maximum absolute atomic E-state index is 11.9. The van der Waals surface area contributed by atoms with Gasteiger partial charge in [-0.1, -0.05) is 6.07 Å². The summed E-state index contributed by atoms with van der Waals surface area (Å²) in [6.45, 7) is 3.36. The molecule has 0 radical (unpaired) electrons. The minimum atomic E-state index is -0.322. The Labute approximate surface area is 119 Å². The minimum absolute atomic E-state index is 0.313.